The summed E-state index contributed by atoms with van der Waals surface area (Å²) in [6, 6.07) is 25.9. The number of anilines is 1. The van der Waals surface area contributed by atoms with E-state index in [9.17, 15) is 33.9 Å². The number of hydrazine groups is 1. The van der Waals surface area contributed by atoms with Crippen molar-refractivity contribution >= 4 is 64.5 Å². The molecule has 3 amide bonds. The Bertz CT molecular complexity index is 1800. The molecule has 4 aromatic carbocycles. The van der Waals surface area contributed by atoms with Crippen molar-refractivity contribution in [3.8, 4) is 0 Å². The van der Waals surface area contributed by atoms with Gasteiger partial charge in [0.2, 0.25) is 18.1 Å². The molecule has 0 aliphatic heterocycles. The van der Waals surface area contributed by atoms with Crippen molar-refractivity contribution < 1.29 is 43.3 Å². The molecule has 0 heterocycles. The molecular formula is C33H25Cl2N3O9. The predicted octanol–water partition coefficient (Wildman–Crippen LogP) is 4.47. The van der Waals surface area contributed by atoms with Gasteiger partial charge in [0.05, 0.1) is 27.6 Å². The van der Waals surface area contributed by atoms with Crippen LogP contribution in [0.25, 0.3) is 0 Å². The van der Waals surface area contributed by atoms with Gasteiger partial charge in [0.15, 0.2) is 0 Å². The average molecular weight is 678 g/mol. The van der Waals surface area contributed by atoms with Gasteiger partial charge in [0.1, 0.15) is 0 Å². The summed E-state index contributed by atoms with van der Waals surface area (Å²) in [7, 11) is 0. The number of benzene rings is 4. The van der Waals surface area contributed by atoms with Gasteiger partial charge in [-0.1, -0.05) is 77.8 Å². The van der Waals surface area contributed by atoms with Crippen LogP contribution < -0.4 is 16.2 Å². The van der Waals surface area contributed by atoms with Crippen LogP contribution in [0.1, 0.15) is 36.6 Å². The first-order chi connectivity index (χ1) is 22.5. The molecule has 0 saturated carbocycles. The van der Waals surface area contributed by atoms with Crippen molar-refractivity contribution in [1.29, 1.82) is 0 Å². The van der Waals surface area contributed by atoms with E-state index in [0.29, 0.717) is 5.69 Å². The van der Waals surface area contributed by atoms with Gasteiger partial charge >= 0.3 is 17.9 Å². The molecule has 12 nitrogen and oxygen atoms in total. The minimum absolute atomic E-state index is 0.0379. The molecule has 0 bridgehead atoms. The van der Waals surface area contributed by atoms with Gasteiger partial charge in [-0.15, -0.1) is 0 Å². The second kappa shape index (κ2) is 16.0. The second-order valence-corrected chi connectivity index (χ2v) is 10.5. The van der Waals surface area contributed by atoms with Gasteiger partial charge in [-0.25, -0.2) is 14.4 Å². The van der Waals surface area contributed by atoms with E-state index in [1.807, 2.05) is 35.8 Å². The van der Waals surface area contributed by atoms with Gasteiger partial charge in [-0.3, -0.25) is 25.2 Å². The molecule has 0 spiro atoms. The van der Waals surface area contributed by atoms with Crippen LogP contribution in [0.4, 0.5) is 5.69 Å². The smallest absolute Gasteiger partial charge is 0.349 e. The third-order valence-electron chi connectivity index (χ3n) is 6.37. The normalized spacial score (nSPS) is 11.7. The van der Waals surface area contributed by atoms with Crippen LogP contribution in [0, 0.1) is 0 Å². The molecule has 0 fully saturated rings. The molecule has 0 unspecified atom stereocenters. The lowest BCUT2D eigenvalue weighted by molar-refractivity contribution is -0.159. The van der Waals surface area contributed by atoms with Crippen molar-refractivity contribution in [1.82, 2.24) is 10.9 Å². The summed E-state index contributed by atoms with van der Waals surface area (Å²) in [6.07, 6.45) is -4.56. The van der Waals surface area contributed by atoms with Crippen LogP contribution in [0.3, 0.4) is 0 Å². The maximum Gasteiger partial charge on any atom is 0.349 e. The lowest BCUT2D eigenvalue weighted by Crippen LogP contribution is -2.54. The van der Waals surface area contributed by atoms with Crippen molar-refractivity contribution in [2.75, 3.05) is 5.32 Å². The number of ether oxygens (including phenoxy) is 2. The lowest BCUT2D eigenvalue weighted by Gasteiger charge is -2.24. The monoisotopic (exact) mass is 677 g/mol. The van der Waals surface area contributed by atoms with E-state index in [2.05, 4.69) is 10.7 Å². The zero-order chi connectivity index (χ0) is 33.9. The molecule has 47 heavy (non-hydrogen) atoms. The molecule has 4 rings (SSSR count). The number of nitrogens with one attached hydrogen (secondary N) is 3. The highest BCUT2D eigenvalue weighted by atomic mass is 35.5. The molecule has 240 valence electrons. The number of carboxylic acids is 1. The van der Waals surface area contributed by atoms with Gasteiger partial charge in [-0.05, 0) is 54.1 Å². The van der Waals surface area contributed by atoms with Gasteiger partial charge in [0, 0.05) is 11.3 Å². The third-order valence-corrected chi connectivity index (χ3v) is 7.03. The van der Waals surface area contributed by atoms with Crippen molar-refractivity contribution in [3.63, 3.8) is 0 Å². The first-order valence-corrected chi connectivity index (χ1v) is 14.5. The fraction of sp³-hybridized carbons (Fsp3) is 0.0909. The highest BCUT2D eigenvalue weighted by Crippen LogP contribution is 2.21. The summed E-state index contributed by atoms with van der Waals surface area (Å²) in [5, 5.41) is 12.5. The highest BCUT2D eigenvalue weighted by Gasteiger charge is 2.41. The molecule has 0 aliphatic carbocycles. The number of aliphatic carboxylic acids is 1. The molecule has 0 radical (unpaired) electrons. The first-order valence-electron chi connectivity index (χ1n) is 13.7. The van der Waals surface area contributed by atoms with Crippen LogP contribution >= 0.6 is 23.2 Å². The molecule has 0 aliphatic rings. The minimum Gasteiger partial charge on any atom is -0.478 e. The Kier molecular flexibility index (Phi) is 11.6. The second-order valence-electron chi connectivity index (χ2n) is 9.68. The summed E-state index contributed by atoms with van der Waals surface area (Å²) in [6.45, 7) is 0. The maximum atomic E-state index is 13.2. The quantitative estimate of drug-likeness (QED) is 0.132. The van der Waals surface area contributed by atoms with Crippen molar-refractivity contribution in [2.45, 2.75) is 18.6 Å². The van der Waals surface area contributed by atoms with E-state index < -0.39 is 41.9 Å². The number of hydrogen-bond donors (Lipinski definition) is 4. The zero-order valence-corrected chi connectivity index (χ0v) is 25.7. The Hall–Kier alpha value is -5.72. The largest absolute Gasteiger partial charge is 0.478 e. The molecule has 0 aromatic heterocycles. The number of carbonyl (C=O) groups excluding carboxylic acids is 5. The van der Waals surface area contributed by atoms with Crippen LogP contribution in [-0.2, 0) is 30.3 Å². The Balaban J connectivity index is 1.47. The van der Waals surface area contributed by atoms with E-state index in [1.54, 1.807) is 0 Å². The van der Waals surface area contributed by atoms with Gasteiger partial charge < -0.3 is 19.9 Å². The number of halogens is 2. The number of carboxylic acid groups (broad SMARTS) is 1. The molecule has 0 saturated heterocycles. The zero-order valence-electron chi connectivity index (χ0n) is 24.1. The minimum atomic E-state index is -2.39. The van der Waals surface area contributed by atoms with E-state index in [1.165, 1.54) is 72.8 Å². The third kappa shape index (κ3) is 9.39. The lowest BCUT2D eigenvalue weighted by atomic mass is 10.1. The summed E-state index contributed by atoms with van der Waals surface area (Å²) < 4.78 is 10.2. The van der Waals surface area contributed by atoms with E-state index in [-0.39, 0.29) is 39.1 Å². The van der Waals surface area contributed by atoms with Gasteiger partial charge in [-0.2, -0.15) is 0 Å². The van der Waals surface area contributed by atoms with Crippen molar-refractivity contribution in [2.24, 2.45) is 0 Å². The number of rotatable bonds is 11. The molecule has 4 N–H and O–H groups in total. The Morgan fingerprint density at radius 1 is 0.638 bits per heavy atom. The summed E-state index contributed by atoms with van der Waals surface area (Å²) in [5.74, 6) is -6.78. The maximum absolute atomic E-state index is 13.2. The molecule has 14 heteroatoms. The van der Waals surface area contributed by atoms with Crippen LogP contribution in [-0.4, -0.2) is 52.9 Å². The fourth-order valence-corrected chi connectivity index (χ4v) is 4.48. The van der Waals surface area contributed by atoms with Gasteiger partial charge in [0.25, 0.3) is 11.8 Å². The van der Waals surface area contributed by atoms with Crippen LogP contribution in [0.15, 0.2) is 103 Å². The first kappa shape index (κ1) is 34.2. The number of hydrogen-bond acceptors (Lipinski definition) is 8. The summed E-state index contributed by atoms with van der Waals surface area (Å²) >= 11 is 12.1. The number of esters is 2. The van der Waals surface area contributed by atoms with Crippen LogP contribution in [0.2, 0.25) is 10.0 Å². The Morgan fingerprint density at radius 3 is 1.68 bits per heavy atom. The predicted molar refractivity (Wildman–Crippen MR) is 170 cm³/mol. The van der Waals surface area contributed by atoms with Crippen molar-refractivity contribution in [3.05, 3.63) is 135 Å². The number of amides is 3. The topological polar surface area (TPSA) is 177 Å². The van der Waals surface area contributed by atoms with E-state index in [4.69, 9.17) is 32.7 Å². The molecule has 4 aromatic rings. The molecular weight excluding hydrogens is 653 g/mol. The van der Waals surface area contributed by atoms with E-state index >= 15 is 0 Å². The Labute approximate surface area is 277 Å². The number of carbonyl (C=O) groups is 6. The average Bonchev–Trinajstić information content (AvgIpc) is 3.06. The summed E-state index contributed by atoms with van der Waals surface area (Å²) in [4.78, 5) is 76.3. The van der Waals surface area contributed by atoms with Crippen LogP contribution in [0.5, 0.6) is 0 Å². The molecule has 2 atom stereocenters. The standard InChI is InChI=1S/C33H25Cl2N3O9/c34-24-12-6-4-10-22(24)32(44)46-27(28(31(42)43)47-33(45)23-11-5-7-13-25(23)35)30(41)38-37-29(40)20-14-16-21(17-15-20)36-26(39)18-19-8-2-1-3-9-19/h1-17,27-28H,18H2,(H,36,39)(H,37,40)(H,38,41)(H,42,43)/t27-,28+/m0/s1. The fourth-order valence-electron chi connectivity index (χ4n) is 4.06. The Morgan fingerprint density at radius 2 is 1.15 bits per heavy atom. The summed E-state index contributed by atoms with van der Waals surface area (Å²) in [5.41, 5.74) is 4.90. The van der Waals surface area contributed by atoms with E-state index in [0.717, 1.165) is 5.56 Å². The SMILES string of the molecule is O=C(Cc1ccccc1)Nc1ccc(C(=O)NNC(=O)[C@@H](OC(=O)c2ccccc2Cl)[C@@H](OC(=O)c2ccccc2Cl)C(=O)O)cc1. The highest BCUT2D eigenvalue weighted by molar-refractivity contribution is 6.34.